The fraction of sp³-hybridized carbons (Fsp3) is 0.167. The number of carbonyl (C=O) groups excluding carboxylic acids is 1. The van der Waals surface area contributed by atoms with Gasteiger partial charge >= 0.3 is 0 Å². The minimum Gasteiger partial charge on any atom is -0.506 e. The van der Waals surface area contributed by atoms with Gasteiger partial charge in [-0.3, -0.25) is 4.79 Å². The van der Waals surface area contributed by atoms with E-state index in [9.17, 15) is 9.90 Å². The summed E-state index contributed by atoms with van der Waals surface area (Å²) < 4.78 is 0.733. The SMILES string of the molecule is CCc1ccc(N[C@H]2NC(=O)/C(=C\c3cc(Br)cc(Cl)c3O)S2)cc1. The lowest BCUT2D eigenvalue weighted by atomic mass is 10.1. The lowest BCUT2D eigenvalue weighted by Gasteiger charge is -2.12. The molecule has 1 amide bonds. The minimum absolute atomic E-state index is 0.0441. The Labute approximate surface area is 163 Å². The van der Waals surface area contributed by atoms with Crippen molar-refractivity contribution in [2.24, 2.45) is 0 Å². The van der Waals surface area contributed by atoms with Crippen molar-refractivity contribution in [3.05, 3.63) is 61.9 Å². The number of benzene rings is 2. The maximum absolute atomic E-state index is 12.2. The standard InChI is InChI=1S/C18H16BrClN2O2S/c1-2-10-3-5-13(6-4-10)21-18-22-17(24)15(25-18)8-11-7-12(19)9-14(20)16(11)23/h3-9,18,21,23H,2H2,1H3,(H,22,24)/b15-8+/t18-/m0/s1. The van der Waals surface area contributed by atoms with Crippen LogP contribution in [0.25, 0.3) is 6.08 Å². The van der Waals surface area contributed by atoms with E-state index in [1.165, 1.54) is 17.3 Å². The molecule has 25 heavy (non-hydrogen) atoms. The third-order valence-electron chi connectivity index (χ3n) is 3.74. The quantitative estimate of drug-likeness (QED) is 0.589. The van der Waals surface area contributed by atoms with Gasteiger partial charge < -0.3 is 15.7 Å². The number of aromatic hydroxyl groups is 1. The second kappa shape index (κ2) is 7.72. The first-order valence-corrected chi connectivity index (χ1v) is 9.74. The van der Waals surface area contributed by atoms with Gasteiger partial charge in [0.1, 0.15) is 5.75 Å². The molecule has 3 rings (SSSR count). The summed E-state index contributed by atoms with van der Waals surface area (Å²) in [6.07, 6.45) is 2.62. The molecule has 0 unspecified atom stereocenters. The number of hydrogen-bond donors (Lipinski definition) is 3. The highest BCUT2D eigenvalue weighted by Gasteiger charge is 2.27. The van der Waals surface area contributed by atoms with E-state index in [-0.39, 0.29) is 22.2 Å². The van der Waals surface area contributed by atoms with Crippen molar-refractivity contribution >= 4 is 57.0 Å². The van der Waals surface area contributed by atoms with Gasteiger partial charge in [0.15, 0.2) is 5.50 Å². The van der Waals surface area contributed by atoms with Gasteiger partial charge in [-0.05, 0) is 42.3 Å². The molecule has 1 atom stereocenters. The highest BCUT2D eigenvalue weighted by atomic mass is 79.9. The Kier molecular flexibility index (Phi) is 5.61. The molecule has 130 valence electrons. The third kappa shape index (κ3) is 4.32. The van der Waals surface area contributed by atoms with Crippen molar-refractivity contribution in [2.75, 3.05) is 5.32 Å². The van der Waals surface area contributed by atoms with Gasteiger partial charge in [0, 0.05) is 15.7 Å². The topological polar surface area (TPSA) is 61.4 Å². The lowest BCUT2D eigenvalue weighted by molar-refractivity contribution is -0.116. The molecule has 1 saturated heterocycles. The molecule has 0 radical (unpaired) electrons. The number of phenols is 1. The van der Waals surface area contributed by atoms with Crippen LogP contribution in [-0.4, -0.2) is 16.5 Å². The average molecular weight is 440 g/mol. The Morgan fingerprint density at radius 1 is 1.36 bits per heavy atom. The number of amides is 1. The molecule has 0 spiro atoms. The number of hydrogen-bond acceptors (Lipinski definition) is 4. The second-order valence-corrected chi connectivity index (χ2v) is 7.97. The smallest absolute Gasteiger partial charge is 0.260 e. The van der Waals surface area contributed by atoms with Crippen LogP contribution in [0, 0.1) is 0 Å². The summed E-state index contributed by atoms with van der Waals surface area (Å²) in [6.45, 7) is 2.11. The normalized spacial score (nSPS) is 18.4. The fourth-order valence-electron chi connectivity index (χ4n) is 2.39. The van der Waals surface area contributed by atoms with Gasteiger partial charge in [-0.15, -0.1) is 0 Å². The van der Waals surface area contributed by atoms with Crippen LogP contribution in [0.1, 0.15) is 18.1 Å². The van der Waals surface area contributed by atoms with Gasteiger partial charge in [0.2, 0.25) is 0 Å². The molecule has 0 aromatic heterocycles. The zero-order valence-corrected chi connectivity index (χ0v) is 16.5. The van der Waals surface area contributed by atoms with Crippen molar-refractivity contribution in [3.8, 4) is 5.75 Å². The van der Waals surface area contributed by atoms with E-state index in [2.05, 4.69) is 45.6 Å². The summed E-state index contributed by atoms with van der Waals surface area (Å²) in [6, 6.07) is 11.4. The molecule has 3 N–H and O–H groups in total. The molecule has 7 heteroatoms. The highest BCUT2D eigenvalue weighted by Crippen LogP contribution is 2.36. The summed E-state index contributed by atoms with van der Waals surface area (Å²) in [5, 5.41) is 16.4. The maximum Gasteiger partial charge on any atom is 0.260 e. The van der Waals surface area contributed by atoms with E-state index in [0.717, 1.165) is 16.6 Å². The van der Waals surface area contributed by atoms with Crippen molar-refractivity contribution in [1.82, 2.24) is 5.32 Å². The number of aryl methyl sites for hydroxylation is 1. The molecule has 1 aliphatic rings. The van der Waals surface area contributed by atoms with Gasteiger partial charge in [0.25, 0.3) is 5.91 Å². The summed E-state index contributed by atoms with van der Waals surface area (Å²) in [5.41, 5.74) is 2.42. The van der Waals surface area contributed by atoms with E-state index < -0.39 is 0 Å². The molecule has 2 aromatic carbocycles. The number of anilines is 1. The monoisotopic (exact) mass is 438 g/mol. The summed E-state index contributed by atoms with van der Waals surface area (Å²) >= 11 is 10.7. The Hall–Kier alpha value is -1.63. The van der Waals surface area contributed by atoms with Crippen molar-refractivity contribution in [2.45, 2.75) is 18.8 Å². The van der Waals surface area contributed by atoms with E-state index in [0.29, 0.717) is 10.5 Å². The number of rotatable bonds is 4. The maximum atomic E-state index is 12.2. The minimum atomic E-state index is -0.268. The molecule has 0 aliphatic carbocycles. The van der Waals surface area contributed by atoms with E-state index in [1.54, 1.807) is 18.2 Å². The molecule has 2 aromatic rings. The molecule has 0 saturated carbocycles. The average Bonchev–Trinajstić information content (AvgIpc) is 2.92. The second-order valence-electron chi connectivity index (χ2n) is 5.50. The molecule has 1 fully saturated rings. The first kappa shape index (κ1) is 18.2. The van der Waals surface area contributed by atoms with E-state index in [1.807, 2.05) is 12.1 Å². The van der Waals surface area contributed by atoms with Crippen LogP contribution in [-0.2, 0) is 11.2 Å². The van der Waals surface area contributed by atoms with Gasteiger partial charge in [-0.2, -0.15) is 0 Å². The first-order valence-electron chi connectivity index (χ1n) is 7.69. The number of carbonyl (C=O) groups is 1. The number of phenolic OH excluding ortho intramolecular Hbond substituents is 1. The fourth-order valence-corrected chi connectivity index (χ4v) is 4.20. The number of thioether (sulfide) groups is 1. The largest absolute Gasteiger partial charge is 0.506 e. The predicted molar refractivity (Wildman–Crippen MR) is 108 cm³/mol. The zero-order valence-electron chi connectivity index (χ0n) is 13.3. The molecule has 1 heterocycles. The van der Waals surface area contributed by atoms with Crippen molar-refractivity contribution in [3.63, 3.8) is 0 Å². The van der Waals surface area contributed by atoms with Crippen LogP contribution < -0.4 is 10.6 Å². The van der Waals surface area contributed by atoms with Crippen LogP contribution >= 0.6 is 39.3 Å². The van der Waals surface area contributed by atoms with Crippen LogP contribution in [0.3, 0.4) is 0 Å². The van der Waals surface area contributed by atoms with Crippen LogP contribution in [0.5, 0.6) is 5.75 Å². The molecule has 4 nitrogen and oxygen atoms in total. The van der Waals surface area contributed by atoms with E-state index in [4.69, 9.17) is 11.6 Å². The molecular weight excluding hydrogens is 424 g/mol. The van der Waals surface area contributed by atoms with Gasteiger partial charge in [0.05, 0.1) is 9.93 Å². The summed E-state index contributed by atoms with van der Waals surface area (Å²) in [7, 11) is 0. The third-order valence-corrected chi connectivity index (χ3v) is 5.51. The molecule has 0 bridgehead atoms. The Balaban J connectivity index is 1.76. The highest BCUT2D eigenvalue weighted by molar-refractivity contribution is 9.10. The van der Waals surface area contributed by atoms with Crippen LogP contribution in [0.4, 0.5) is 5.69 Å². The van der Waals surface area contributed by atoms with Crippen LogP contribution in [0.15, 0.2) is 45.8 Å². The summed E-state index contributed by atoms with van der Waals surface area (Å²) in [5.74, 6) is -0.236. The van der Waals surface area contributed by atoms with Gasteiger partial charge in [-0.1, -0.05) is 58.3 Å². The van der Waals surface area contributed by atoms with Gasteiger partial charge in [-0.25, -0.2) is 0 Å². The Morgan fingerprint density at radius 3 is 2.76 bits per heavy atom. The number of halogens is 2. The first-order chi connectivity index (χ1) is 12.0. The zero-order chi connectivity index (χ0) is 18.0. The van der Waals surface area contributed by atoms with Crippen molar-refractivity contribution < 1.29 is 9.90 Å². The Morgan fingerprint density at radius 2 is 2.08 bits per heavy atom. The van der Waals surface area contributed by atoms with Crippen molar-refractivity contribution in [1.29, 1.82) is 0 Å². The lowest BCUT2D eigenvalue weighted by Crippen LogP contribution is -2.30. The molecular formula is C18H16BrClN2O2S. The predicted octanol–water partition coefficient (Wildman–Crippen LogP) is 4.97. The van der Waals surface area contributed by atoms with Crippen LogP contribution in [0.2, 0.25) is 5.02 Å². The number of nitrogens with one attached hydrogen (secondary N) is 2. The van der Waals surface area contributed by atoms with E-state index >= 15 is 0 Å². The summed E-state index contributed by atoms with van der Waals surface area (Å²) in [4.78, 5) is 12.7. The Bertz CT molecular complexity index is 840. The molecule has 1 aliphatic heterocycles.